The zero-order chi connectivity index (χ0) is 4.12. The first-order valence-corrected chi connectivity index (χ1v) is 4.42. The third kappa shape index (κ3) is 4.66. The molecular formula is C4H7Pb. The molecule has 0 spiro atoms. The zero-order valence-corrected chi connectivity index (χ0v) is 7.09. The molecule has 0 saturated heterocycles. The Bertz CT molecular complexity index is 24.8. The molecule has 0 fully saturated rings. The van der Waals surface area contributed by atoms with Gasteiger partial charge >= 0.3 is 48.8 Å². The first-order chi connectivity index (χ1) is 2.41. The van der Waals surface area contributed by atoms with Crippen LogP contribution in [0.15, 0.2) is 12.7 Å². The molecule has 0 aromatic carbocycles. The molecule has 0 N–H and O–H groups in total. The molecule has 0 aliphatic carbocycles. The van der Waals surface area contributed by atoms with Crippen molar-refractivity contribution in [3.8, 4) is 0 Å². The quantitative estimate of drug-likeness (QED) is 0.517. The van der Waals surface area contributed by atoms with Crippen molar-refractivity contribution in [2.75, 3.05) is 0 Å². The molecule has 1 heteroatoms. The van der Waals surface area contributed by atoms with Crippen LogP contribution in [0.1, 0.15) is 6.42 Å². The average molecular weight is 262 g/mol. The summed E-state index contributed by atoms with van der Waals surface area (Å²) in [4.78, 5) is 0. The molecule has 0 aliphatic heterocycles. The SMILES string of the molecule is C=CC[CH2][Pb]. The van der Waals surface area contributed by atoms with E-state index in [0.717, 1.165) is 0 Å². The molecule has 5 heavy (non-hydrogen) atoms. The van der Waals surface area contributed by atoms with Crippen LogP contribution in [0.25, 0.3) is 0 Å². The van der Waals surface area contributed by atoms with E-state index >= 15 is 0 Å². The molecule has 0 atom stereocenters. The number of allylic oxidation sites excluding steroid dienone is 1. The minimum atomic E-state index is 1.21. The van der Waals surface area contributed by atoms with Crippen LogP contribution in [0.3, 0.4) is 0 Å². The van der Waals surface area contributed by atoms with Crippen molar-refractivity contribution in [1.82, 2.24) is 0 Å². The zero-order valence-electron chi connectivity index (χ0n) is 3.20. The summed E-state index contributed by atoms with van der Waals surface area (Å²) in [6.07, 6.45) is 3.18. The van der Waals surface area contributed by atoms with E-state index < -0.39 is 0 Å². The van der Waals surface area contributed by atoms with Crippen LogP contribution in [0.5, 0.6) is 0 Å². The van der Waals surface area contributed by atoms with Gasteiger partial charge < -0.3 is 0 Å². The first kappa shape index (κ1) is 5.66. The molecule has 0 heterocycles. The van der Waals surface area contributed by atoms with Gasteiger partial charge in [0.05, 0.1) is 0 Å². The van der Waals surface area contributed by atoms with Crippen LogP contribution >= 0.6 is 0 Å². The van der Waals surface area contributed by atoms with Crippen LogP contribution in [0, 0.1) is 0 Å². The van der Waals surface area contributed by atoms with Gasteiger partial charge in [-0.05, 0) is 0 Å². The number of hydrogen-bond acceptors (Lipinski definition) is 0. The summed E-state index contributed by atoms with van der Waals surface area (Å²) >= 11 is 1.33. The van der Waals surface area contributed by atoms with E-state index in [9.17, 15) is 0 Å². The van der Waals surface area contributed by atoms with Crippen molar-refractivity contribution in [3.63, 3.8) is 0 Å². The summed E-state index contributed by atoms with van der Waals surface area (Å²) in [5.41, 5.74) is 0. The molecule has 3 radical (unpaired) electrons. The van der Waals surface area contributed by atoms with Crippen molar-refractivity contribution in [2.24, 2.45) is 0 Å². The molecule has 0 amide bonds. The maximum atomic E-state index is 3.57. The second-order valence-corrected chi connectivity index (χ2v) is 2.77. The summed E-state index contributed by atoms with van der Waals surface area (Å²) in [6.45, 7) is 3.57. The summed E-state index contributed by atoms with van der Waals surface area (Å²) in [5, 5.41) is 0. The Balaban J connectivity index is 2.40. The van der Waals surface area contributed by atoms with Crippen molar-refractivity contribution >= 4 is 25.8 Å². The van der Waals surface area contributed by atoms with E-state index in [0.29, 0.717) is 0 Å². The summed E-state index contributed by atoms with van der Waals surface area (Å²) in [7, 11) is 0. The predicted molar refractivity (Wildman–Crippen MR) is 25.4 cm³/mol. The number of hydrogen-bond donors (Lipinski definition) is 0. The maximum absolute atomic E-state index is 3.57. The van der Waals surface area contributed by atoms with Gasteiger partial charge in [-0.25, -0.2) is 0 Å². The van der Waals surface area contributed by atoms with Gasteiger partial charge in [0, 0.05) is 0 Å². The van der Waals surface area contributed by atoms with Gasteiger partial charge in [0.1, 0.15) is 0 Å². The van der Waals surface area contributed by atoms with Crippen LogP contribution in [0.4, 0.5) is 0 Å². The van der Waals surface area contributed by atoms with Crippen molar-refractivity contribution in [3.05, 3.63) is 12.7 Å². The Morgan fingerprint density at radius 3 is 2.40 bits per heavy atom. The van der Waals surface area contributed by atoms with Crippen LogP contribution in [-0.2, 0) is 0 Å². The van der Waals surface area contributed by atoms with Crippen molar-refractivity contribution in [1.29, 1.82) is 0 Å². The Hall–Kier alpha value is 0.662. The molecule has 0 aliphatic rings. The third-order valence-corrected chi connectivity index (χ3v) is 1.47. The fraction of sp³-hybridized carbons (Fsp3) is 0.500. The summed E-state index contributed by atoms with van der Waals surface area (Å²) in [5.74, 6) is 0. The van der Waals surface area contributed by atoms with Gasteiger partial charge in [-0.2, -0.15) is 0 Å². The van der Waals surface area contributed by atoms with Gasteiger partial charge in [-0.1, -0.05) is 0 Å². The Morgan fingerprint density at radius 2 is 2.40 bits per heavy atom. The van der Waals surface area contributed by atoms with E-state index in [2.05, 4.69) is 6.58 Å². The van der Waals surface area contributed by atoms with Crippen molar-refractivity contribution in [2.45, 2.75) is 10.4 Å². The second kappa shape index (κ2) is 4.66. The standard InChI is InChI=1S/C4H7.Pb/c1-3-4-2;/h3H,1-2,4H2;. The van der Waals surface area contributed by atoms with E-state index in [4.69, 9.17) is 0 Å². The van der Waals surface area contributed by atoms with E-state index in [1.165, 1.54) is 36.2 Å². The molecule has 0 nitrogen and oxygen atoms in total. The molecule has 0 rings (SSSR count). The second-order valence-electron chi connectivity index (χ2n) is 0.827. The molecule has 0 unspecified atom stereocenters. The van der Waals surface area contributed by atoms with Crippen LogP contribution < -0.4 is 0 Å². The molecular weight excluding hydrogens is 255 g/mol. The summed E-state index contributed by atoms with van der Waals surface area (Å²) < 4.78 is 1.36. The monoisotopic (exact) mass is 263 g/mol. The minimum absolute atomic E-state index is 1.21. The molecule has 27 valence electrons. The molecule has 0 bridgehead atoms. The van der Waals surface area contributed by atoms with Gasteiger partial charge in [0.15, 0.2) is 0 Å². The third-order valence-electron chi connectivity index (χ3n) is 0.348. The number of rotatable bonds is 2. The fourth-order valence-electron chi connectivity index (χ4n) is 0.102. The van der Waals surface area contributed by atoms with E-state index in [1.54, 1.807) is 0 Å². The van der Waals surface area contributed by atoms with Gasteiger partial charge in [-0.3, -0.25) is 0 Å². The Kier molecular flexibility index (Phi) is 5.28. The fourth-order valence-corrected chi connectivity index (χ4v) is 0.896. The Labute approximate surface area is 49.0 Å². The van der Waals surface area contributed by atoms with Gasteiger partial charge in [0.25, 0.3) is 0 Å². The van der Waals surface area contributed by atoms with Crippen LogP contribution in [0.2, 0.25) is 3.98 Å². The molecule has 0 saturated carbocycles. The normalized spacial score (nSPS) is 7.40. The van der Waals surface area contributed by atoms with E-state index in [-0.39, 0.29) is 0 Å². The average Bonchev–Trinajstić information content (AvgIpc) is 1.41. The topological polar surface area (TPSA) is 0 Å². The first-order valence-electron chi connectivity index (χ1n) is 1.67. The van der Waals surface area contributed by atoms with E-state index in [1.807, 2.05) is 6.08 Å². The molecule has 0 aromatic rings. The Morgan fingerprint density at radius 1 is 1.80 bits per heavy atom. The molecule has 0 aromatic heterocycles. The van der Waals surface area contributed by atoms with Gasteiger partial charge in [-0.15, -0.1) is 0 Å². The summed E-state index contributed by atoms with van der Waals surface area (Å²) in [6, 6.07) is 0. The van der Waals surface area contributed by atoms with Crippen LogP contribution in [-0.4, -0.2) is 25.8 Å². The van der Waals surface area contributed by atoms with Gasteiger partial charge in [0.2, 0.25) is 0 Å². The van der Waals surface area contributed by atoms with Crippen molar-refractivity contribution < 1.29 is 0 Å². The predicted octanol–water partition coefficient (Wildman–Crippen LogP) is 1.15.